The lowest BCUT2D eigenvalue weighted by Crippen LogP contribution is -2.48. The standard InChI is InChI=1S/C15H18FN3O2/c16-11-1-2-12-10(8-19-13(12)7-11)3-4-18-15(20)14-9-17-5-6-21-14/h1-2,7-8,14,17,19H,3-6,9H2,(H,18,20). The average Bonchev–Trinajstić information content (AvgIpc) is 2.90. The fraction of sp³-hybridized carbons (Fsp3) is 0.400. The average molecular weight is 291 g/mol. The molecule has 1 fully saturated rings. The molecule has 3 N–H and O–H groups in total. The monoisotopic (exact) mass is 291 g/mol. The lowest BCUT2D eigenvalue weighted by Gasteiger charge is -2.22. The van der Waals surface area contributed by atoms with Crippen molar-refractivity contribution in [3.8, 4) is 0 Å². The van der Waals surface area contributed by atoms with Gasteiger partial charge in [-0.25, -0.2) is 4.39 Å². The first-order valence-electron chi connectivity index (χ1n) is 7.09. The molecule has 21 heavy (non-hydrogen) atoms. The molecule has 112 valence electrons. The third-order valence-electron chi connectivity index (χ3n) is 3.64. The third-order valence-corrected chi connectivity index (χ3v) is 3.64. The minimum absolute atomic E-state index is 0.0897. The van der Waals surface area contributed by atoms with Gasteiger partial charge in [-0.3, -0.25) is 4.79 Å². The van der Waals surface area contributed by atoms with Crippen LogP contribution in [-0.4, -0.2) is 43.2 Å². The highest BCUT2D eigenvalue weighted by atomic mass is 19.1. The number of fused-ring (bicyclic) bond motifs is 1. The van der Waals surface area contributed by atoms with Gasteiger partial charge in [0.15, 0.2) is 0 Å². The number of H-pyrrole nitrogens is 1. The minimum Gasteiger partial charge on any atom is -0.366 e. The number of hydrogen-bond donors (Lipinski definition) is 3. The molecule has 1 aliphatic rings. The van der Waals surface area contributed by atoms with E-state index in [0.29, 0.717) is 26.1 Å². The van der Waals surface area contributed by atoms with Gasteiger partial charge in [0.2, 0.25) is 5.91 Å². The van der Waals surface area contributed by atoms with Gasteiger partial charge in [0.1, 0.15) is 11.9 Å². The van der Waals surface area contributed by atoms with Crippen molar-refractivity contribution in [3.05, 3.63) is 35.8 Å². The Kier molecular flexibility index (Phi) is 4.17. The Balaban J connectivity index is 1.55. The van der Waals surface area contributed by atoms with Crippen LogP contribution in [0.15, 0.2) is 24.4 Å². The zero-order chi connectivity index (χ0) is 14.7. The van der Waals surface area contributed by atoms with Gasteiger partial charge in [-0.05, 0) is 30.2 Å². The first-order chi connectivity index (χ1) is 10.2. The maximum absolute atomic E-state index is 13.1. The summed E-state index contributed by atoms with van der Waals surface area (Å²) in [6.45, 7) is 2.43. The number of amides is 1. The summed E-state index contributed by atoms with van der Waals surface area (Å²) in [5.74, 6) is -0.348. The highest BCUT2D eigenvalue weighted by molar-refractivity contribution is 5.83. The molecule has 0 spiro atoms. The number of nitrogens with one attached hydrogen (secondary N) is 3. The van der Waals surface area contributed by atoms with E-state index < -0.39 is 6.10 Å². The first-order valence-corrected chi connectivity index (χ1v) is 7.09. The van der Waals surface area contributed by atoms with E-state index in [2.05, 4.69) is 15.6 Å². The van der Waals surface area contributed by atoms with Crippen LogP contribution < -0.4 is 10.6 Å². The molecule has 1 saturated heterocycles. The SMILES string of the molecule is O=C(NCCc1c[nH]c2cc(F)ccc12)C1CNCCO1. The van der Waals surface area contributed by atoms with Crippen molar-refractivity contribution in [1.82, 2.24) is 15.6 Å². The second-order valence-corrected chi connectivity index (χ2v) is 5.11. The van der Waals surface area contributed by atoms with Crippen LogP contribution in [0.1, 0.15) is 5.56 Å². The van der Waals surface area contributed by atoms with Crippen LogP contribution >= 0.6 is 0 Å². The molecule has 1 amide bonds. The number of morpholine rings is 1. The number of aromatic amines is 1. The quantitative estimate of drug-likeness (QED) is 0.786. The van der Waals surface area contributed by atoms with Gasteiger partial charge in [0.25, 0.3) is 0 Å². The number of benzene rings is 1. The Morgan fingerprint density at radius 2 is 2.38 bits per heavy atom. The molecule has 5 nitrogen and oxygen atoms in total. The van der Waals surface area contributed by atoms with Gasteiger partial charge >= 0.3 is 0 Å². The van der Waals surface area contributed by atoms with Crippen molar-refractivity contribution in [1.29, 1.82) is 0 Å². The zero-order valence-electron chi connectivity index (χ0n) is 11.6. The van der Waals surface area contributed by atoms with Crippen molar-refractivity contribution in [2.24, 2.45) is 0 Å². The Morgan fingerprint density at radius 1 is 1.48 bits per heavy atom. The van der Waals surface area contributed by atoms with Crippen LogP contribution in [0.2, 0.25) is 0 Å². The Bertz CT molecular complexity index is 635. The highest BCUT2D eigenvalue weighted by Gasteiger charge is 2.21. The first kappa shape index (κ1) is 14.0. The highest BCUT2D eigenvalue weighted by Crippen LogP contribution is 2.19. The van der Waals surface area contributed by atoms with E-state index in [1.165, 1.54) is 12.1 Å². The van der Waals surface area contributed by atoms with Crippen LogP contribution in [0, 0.1) is 5.82 Å². The molecule has 3 rings (SSSR count). The smallest absolute Gasteiger partial charge is 0.250 e. The number of carbonyl (C=O) groups excluding carboxylic acids is 1. The molecule has 2 aromatic rings. The fourth-order valence-electron chi connectivity index (χ4n) is 2.53. The summed E-state index contributed by atoms with van der Waals surface area (Å²) in [6.07, 6.45) is 2.14. The van der Waals surface area contributed by atoms with Crippen LogP contribution in [0.3, 0.4) is 0 Å². The maximum atomic E-state index is 13.1. The fourth-order valence-corrected chi connectivity index (χ4v) is 2.53. The van der Waals surface area contributed by atoms with Gasteiger partial charge < -0.3 is 20.4 Å². The molecule has 2 heterocycles. The molecule has 1 unspecified atom stereocenters. The summed E-state index contributed by atoms with van der Waals surface area (Å²) in [4.78, 5) is 14.9. The van der Waals surface area contributed by atoms with Gasteiger partial charge in [-0.2, -0.15) is 0 Å². The number of carbonyl (C=O) groups is 1. The molecule has 0 aliphatic carbocycles. The summed E-state index contributed by atoms with van der Waals surface area (Å²) in [5, 5.41) is 6.98. The largest absolute Gasteiger partial charge is 0.366 e. The van der Waals surface area contributed by atoms with Crippen LogP contribution in [0.5, 0.6) is 0 Å². The number of rotatable bonds is 4. The summed E-state index contributed by atoms with van der Waals surface area (Å²) in [6, 6.07) is 4.67. The van der Waals surface area contributed by atoms with Crippen molar-refractivity contribution in [3.63, 3.8) is 0 Å². The number of halogens is 1. The van der Waals surface area contributed by atoms with Gasteiger partial charge in [0, 0.05) is 36.7 Å². The van der Waals surface area contributed by atoms with Crippen molar-refractivity contribution in [2.75, 3.05) is 26.2 Å². The predicted molar refractivity (Wildman–Crippen MR) is 77.6 cm³/mol. The van der Waals surface area contributed by atoms with E-state index in [9.17, 15) is 9.18 Å². The van der Waals surface area contributed by atoms with E-state index in [1.807, 2.05) is 6.20 Å². The zero-order valence-corrected chi connectivity index (χ0v) is 11.6. The molecule has 0 radical (unpaired) electrons. The molecular formula is C15H18FN3O2. The summed E-state index contributed by atoms with van der Waals surface area (Å²) in [7, 11) is 0. The van der Waals surface area contributed by atoms with E-state index in [0.717, 1.165) is 23.0 Å². The number of hydrogen-bond acceptors (Lipinski definition) is 3. The summed E-state index contributed by atoms with van der Waals surface area (Å²) < 4.78 is 18.5. The van der Waals surface area contributed by atoms with E-state index in [4.69, 9.17) is 4.74 Å². The molecule has 1 aromatic heterocycles. The van der Waals surface area contributed by atoms with Gasteiger partial charge in [-0.1, -0.05) is 0 Å². The Labute approximate surface area is 121 Å². The molecule has 1 atom stereocenters. The Hall–Kier alpha value is -1.92. The molecule has 1 aliphatic heterocycles. The number of ether oxygens (including phenoxy) is 1. The number of aromatic nitrogens is 1. The lowest BCUT2D eigenvalue weighted by atomic mass is 10.1. The van der Waals surface area contributed by atoms with Crippen LogP contribution in [0.25, 0.3) is 10.9 Å². The summed E-state index contributed by atoms with van der Waals surface area (Å²) in [5.41, 5.74) is 1.84. The molecule has 0 saturated carbocycles. The second-order valence-electron chi connectivity index (χ2n) is 5.11. The van der Waals surface area contributed by atoms with Gasteiger partial charge in [-0.15, -0.1) is 0 Å². The second kappa shape index (κ2) is 6.24. The third kappa shape index (κ3) is 3.22. The van der Waals surface area contributed by atoms with E-state index >= 15 is 0 Å². The topological polar surface area (TPSA) is 66.2 Å². The minimum atomic E-state index is -0.407. The normalized spacial score (nSPS) is 18.8. The maximum Gasteiger partial charge on any atom is 0.250 e. The van der Waals surface area contributed by atoms with E-state index in [1.54, 1.807) is 6.07 Å². The molecule has 1 aromatic carbocycles. The Morgan fingerprint density at radius 3 is 3.19 bits per heavy atom. The van der Waals surface area contributed by atoms with Crippen LogP contribution in [-0.2, 0) is 16.0 Å². The predicted octanol–water partition coefficient (Wildman–Crippen LogP) is 0.954. The molecule has 6 heteroatoms. The van der Waals surface area contributed by atoms with Crippen molar-refractivity contribution in [2.45, 2.75) is 12.5 Å². The van der Waals surface area contributed by atoms with Crippen molar-refractivity contribution >= 4 is 16.8 Å². The molecular weight excluding hydrogens is 273 g/mol. The van der Waals surface area contributed by atoms with E-state index in [-0.39, 0.29) is 11.7 Å². The van der Waals surface area contributed by atoms with Gasteiger partial charge in [0.05, 0.1) is 6.61 Å². The lowest BCUT2D eigenvalue weighted by molar-refractivity contribution is -0.134. The summed E-state index contributed by atoms with van der Waals surface area (Å²) >= 11 is 0. The molecule has 0 bridgehead atoms. The van der Waals surface area contributed by atoms with Crippen molar-refractivity contribution < 1.29 is 13.9 Å². The van der Waals surface area contributed by atoms with Crippen LogP contribution in [0.4, 0.5) is 4.39 Å².